The van der Waals surface area contributed by atoms with Crippen molar-refractivity contribution >= 4 is 17.0 Å². The van der Waals surface area contributed by atoms with Crippen molar-refractivity contribution in [3.8, 4) is 0 Å². The van der Waals surface area contributed by atoms with Crippen LogP contribution in [-0.4, -0.2) is 21.0 Å². The lowest BCUT2D eigenvalue weighted by Gasteiger charge is -2.22. The number of halogens is 4. The number of rotatable bonds is 6. The predicted molar refractivity (Wildman–Crippen MR) is 100 cm³/mol. The van der Waals surface area contributed by atoms with E-state index < -0.39 is 29.7 Å². The highest BCUT2D eigenvalue weighted by molar-refractivity contribution is 5.78. The first kappa shape index (κ1) is 20.8. The minimum Gasteiger partial charge on any atom is -0.481 e. The van der Waals surface area contributed by atoms with Gasteiger partial charge in [-0.1, -0.05) is 25.1 Å². The van der Waals surface area contributed by atoms with E-state index in [4.69, 9.17) is 0 Å². The van der Waals surface area contributed by atoms with Crippen LogP contribution in [-0.2, 0) is 11.0 Å². The number of H-pyrrole nitrogens is 1. The number of aromatic amines is 1. The second-order valence-electron chi connectivity index (χ2n) is 7.05. The first-order chi connectivity index (χ1) is 13.6. The van der Waals surface area contributed by atoms with Gasteiger partial charge >= 0.3 is 12.1 Å². The minimum absolute atomic E-state index is 0.187. The number of carboxylic acid groups (broad SMARTS) is 1. The van der Waals surface area contributed by atoms with E-state index in [2.05, 4.69) is 9.97 Å². The average Bonchev–Trinajstić information content (AvgIpc) is 3.09. The van der Waals surface area contributed by atoms with E-state index in [9.17, 15) is 27.5 Å². The molecule has 0 fully saturated rings. The third-order valence-electron chi connectivity index (χ3n) is 5.24. The molecule has 8 heteroatoms. The van der Waals surface area contributed by atoms with Crippen molar-refractivity contribution in [3.63, 3.8) is 0 Å². The zero-order valence-corrected chi connectivity index (χ0v) is 15.8. The number of nitrogens with zero attached hydrogens (tertiary/aromatic N) is 1. The topological polar surface area (TPSA) is 66.0 Å². The second-order valence-corrected chi connectivity index (χ2v) is 7.05. The highest BCUT2D eigenvalue weighted by atomic mass is 19.4. The molecule has 3 rings (SSSR count). The van der Waals surface area contributed by atoms with Crippen molar-refractivity contribution in [1.82, 2.24) is 9.97 Å². The van der Waals surface area contributed by atoms with Crippen molar-refractivity contribution < 1.29 is 27.5 Å². The van der Waals surface area contributed by atoms with Crippen molar-refractivity contribution in [2.45, 2.75) is 44.7 Å². The van der Waals surface area contributed by atoms with Crippen molar-refractivity contribution in [3.05, 3.63) is 64.7 Å². The Bertz CT molecular complexity index is 1040. The Labute approximate surface area is 164 Å². The van der Waals surface area contributed by atoms with Crippen LogP contribution in [0.15, 0.2) is 36.4 Å². The first-order valence-corrected chi connectivity index (χ1v) is 9.16. The van der Waals surface area contributed by atoms with Crippen LogP contribution in [0.3, 0.4) is 0 Å². The summed E-state index contributed by atoms with van der Waals surface area (Å²) in [6.07, 6.45) is -3.81. The quantitative estimate of drug-likeness (QED) is 0.508. The second kappa shape index (κ2) is 7.85. The molecular formula is C21H20F4N2O2. The maximum Gasteiger partial charge on any atom is 0.449 e. The van der Waals surface area contributed by atoms with Gasteiger partial charge in [-0.2, -0.15) is 13.2 Å². The predicted octanol–water partition coefficient (Wildman–Crippen LogP) is 5.78. The number of aromatic nitrogens is 2. The number of hydrogen-bond donors (Lipinski definition) is 2. The van der Waals surface area contributed by atoms with E-state index >= 15 is 0 Å². The number of carbonyl (C=O) groups is 1. The SMILES string of the molecule is CCC(C[C@H](C(=O)O)c1cccc(F)c1C)c1ccc2nc(C(F)(F)F)[nH]c2c1. The summed E-state index contributed by atoms with van der Waals surface area (Å²) in [5.41, 5.74) is 1.82. The number of nitrogens with one attached hydrogen (secondary N) is 1. The maximum atomic E-state index is 13.9. The molecule has 1 aromatic heterocycles. The standard InChI is InChI=1S/C21H20F4N2O2/c1-3-12(9-15(19(28)29)14-5-4-6-16(22)11(14)2)13-7-8-17-18(10-13)27-20(26-17)21(23,24)25/h4-8,10,12,15H,3,9H2,1-2H3,(H,26,27)(H,28,29)/t12?,15-/m0/s1. The lowest BCUT2D eigenvalue weighted by Crippen LogP contribution is -2.17. The van der Waals surface area contributed by atoms with Crippen LogP contribution in [0.4, 0.5) is 17.6 Å². The highest BCUT2D eigenvalue weighted by Crippen LogP contribution is 2.36. The van der Waals surface area contributed by atoms with Crippen LogP contribution in [0.2, 0.25) is 0 Å². The Balaban J connectivity index is 1.95. The molecule has 29 heavy (non-hydrogen) atoms. The number of aliphatic carboxylic acids is 1. The molecule has 2 atom stereocenters. The summed E-state index contributed by atoms with van der Waals surface area (Å²) in [6, 6.07) is 9.07. The fourth-order valence-corrected chi connectivity index (χ4v) is 3.60. The van der Waals surface area contributed by atoms with Crippen LogP contribution in [0.5, 0.6) is 0 Å². The van der Waals surface area contributed by atoms with Crippen molar-refractivity contribution in [2.75, 3.05) is 0 Å². The molecule has 4 nitrogen and oxygen atoms in total. The molecule has 0 amide bonds. The molecule has 0 aliphatic carbocycles. The summed E-state index contributed by atoms with van der Waals surface area (Å²) in [7, 11) is 0. The van der Waals surface area contributed by atoms with Crippen LogP contribution in [0, 0.1) is 12.7 Å². The minimum atomic E-state index is -4.58. The fourth-order valence-electron chi connectivity index (χ4n) is 3.60. The molecule has 3 aromatic rings. The van der Waals surface area contributed by atoms with Gasteiger partial charge in [-0.15, -0.1) is 0 Å². The van der Waals surface area contributed by atoms with Gasteiger partial charge in [0.1, 0.15) is 5.82 Å². The molecule has 154 valence electrons. The van der Waals surface area contributed by atoms with Crippen LogP contribution in [0.1, 0.15) is 54.1 Å². The van der Waals surface area contributed by atoms with Gasteiger partial charge in [0.05, 0.1) is 17.0 Å². The number of benzene rings is 2. The number of carboxylic acids is 1. The number of alkyl halides is 3. The zero-order valence-electron chi connectivity index (χ0n) is 15.8. The number of imidazole rings is 1. The van der Waals surface area contributed by atoms with Crippen LogP contribution >= 0.6 is 0 Å². The van der Waals surface area contributed by atoms with Gasteiger partial charge in [0, 0.05) is 0 Å². The summed E-state index contributed by atoms with van der Waals surface area (Å²) < 4.78 is 52.6. The summed E-state index contributed by atoms with van der Waals surface area (Å²) in [4.78, 5) is 17.7. The van der Waals surface area contributed by atoms with Crippen molar-refractivity contribution in [2.24, 2.45) is 0 Å². The fraction of sp³-hybridized carbons (Fsp3) is 0.333. The highest BCUT2D eigenvalue weighted by Gasteiger charge is 2.35. The Morgan fingerprint density at radius 2 is 1.97 bits per heavy atom. The first-order valence-electron chi connectivity index (χ1n) is 9.16. The Morgan fingerprint density at radius 1 is 1.24 bits per heavy atom. The molecule has 2 aromatic carbocycles. The van der Waals surface area contributed by atoms with E-state index in [0.29, 0.717) is 17.5 Å². The van der Waals surface area contributed by atoms with E-state index in [1.54, 1.807) is 18.2 Å². The van der Waals surface area contributed by atoms with Gasteiger partial charge in [-0.05, 0) is 60.6 Å². The Kier molecular flexibility index (Phi) is 5.64. The van der Waals surface area contributed by atoms with Gasteiger partial charge in [-0.3, -0.25) is 4.79 Å². The van der Waals surface area contributed by atoms with Gasteiger partial charge in [-0.25, -0.2) is 9.37 Å². The van der Waals surface area contributed by atoms with Gasteiger partial charge < -0.3 is 10.1 Å². The van der Waals surface area contributed by atoms with E-state index in [-0.39, 0.29) is 28.9 Å². The number of fused-ring (bicyclic) bond motifs is 1. The zero-order chi connectivity index (χ0) is 21.3. The third kappa shape index (κ3) is 4.26. The lowest BCUT2D eigenvalue weighted by atomic mass is 9.82. The summed E-state index contributed by atoms with van der Waals surface area (Å²) in [5, 5.41) is 9.73. The molecule has 0 saturated heterocycles. The number of hydrogen-bond acceptors (Lipinski definition) is 2. The Morgan fingerprint density at radius 3 is 2.59 bits per heavy atom. The summed E-state index contributed by atoms with van der Waals surface area (Å²) in [5.74, 6) is -3.78. The molecular weight excluding hydrogens is 388 g/mol. The molecule has 0 aliphatic heterocycles. The van der Waals surface area contributed by atoms with E-state index in [0.717, 1.165) is 0 Å². The Hall–Kier alpha value is -2.90. The average molecular weight is 408 g/mol. The molecule has 0 bridgehead atoms. The van der Waals surface area contributed by atoms with Gasteiger partial charge in [0.2, 0.25) is 5.82 Å². The summed E-state index contributed by atoms with van der Waals surface area (Å²) in [6.45, 7) is 3.41. The largest absolute Gasteiger partial charge is 0.481 e. The van der Waals surface area contributed by atoms with Crippen LogP contribution < -0.4 is 0 Å². The molecule has 2 N–H and O–H groups in total. The van der Waals surface area contributed by atoms with Crippen molar-refractivity contribution in [1.29, 1.82) is 0 Å². The van der Waals surface area contributed by atoms with E-state index in [1.165, 1.54) is 25.1 Å². The monoisotopic (exact) mass is 408 g/mol. The normalized spacial score (nSPS) is 14.1. The third-order valence-corrected chi connectivity index (χ3v) is 5.24. The van der Waals surface area contributed by atoms with E-state index in [1.807, 2.05) is 6.92 Å². The molecule has 1 heterocycles. The lowest BCUT2D eigenvalue weighted by molar-refractivity contribution is -0.144. The molecule has 1 unspecified atom stereocenters. The molecule has 0 saturated carbocycles. The molecule has 0 radical (unpaired) electrons. The molecule has 0 aliphatic rings. The summed E-state index contributed by atoms with van der Waals surface area (Å²) >= 11 is 0. The smallest absolute Gasteiger partial charge is 0.449 e. The maximum absolute atomic E-state index is 13.9. The van der Waals surface area contributed by atoms with Gasteiger partial charge in [0.15, 0.2) is 0 Å². The van der Waals surface area contributed by atoms with Crippen LogP contribution in [0.25, 0.3) is 11.0 Å². The van der Waals surface area contributed by atoms with Gasteiger partial charge in [0.25, 0.3) is 0 Å². The molecule has 0 spiro atoms.